The van der Waals surface area contributed by atoms with Crippen LogP contribution in [-0.4, -0.2) is 0 Å². The molecule has 1 aliphatic carbocycles. The van der Waals surface area contributed by atoms with Crippen molar-refractivity contribution in [2.24, 2.45) is 5.92 Å². The zero-order valence-corrected chi connectivity index (χ0v) is 11.9. The summed E-state index contributed by atoms with van der Waals surface area (Å²) >= 11 is 0. The van der Waals surface area contributed by atoms with Gasteiger partial charge in [0.1, 0.15) is 0 Å². The van der Waals surface area contributed by atoms with Gasteiger partial charge >= 0.3 is 0 Å². The van der Waals surface area contributed by atoms with Crippen molar-refractivity contribution < 1.29 is 0 Å². The molecule has 0 aromatic heterocycles. The van der Waals surface area contributed by atoms with Gasteiger partial charge in [-0.1, -0.05) is 50.3 Å². The molecular formula is C19H22. The molecule has 2 aromatic carbocycles. The van der Waals surface area contributed by atoms with Crippen LogP contribution in [0.1, 0.15) is 44.2 Å². The third-order valence-corrected chi connectivity index (χ3v) is 4.36. The average Bonchev–Trinajstić information content (AvgIpc) is 2.47. The fourth-order valence-corrected chi connectivity index (χ4v) is 2.94. The van der Waals surface area contributed by atoms with Crippen molar-refractivity contribution in [1.29, 1.82) is 0 Å². The van der Waals surface area contributed by atoms with Crippen molar-refractivity contribution in [3.63, 3.8) is 0 Å². The maximum Gasteiger partial charge on any atom is -0.0178 e. The first kappa shape index (κ1) is 12.5. The fraction of sp³-hybridized carbons (Fsp3) is 0.368. The maximum atomic E-state index is 2.44. The van der Waals surface area contributed by atoms with Crippen LogP contribution >= 0.6 is 0 Å². The summed E-state index contributed by atoms with van der Waals surface area (Å²) in [5.74, 6) is 0.858. The van der Waals surface area contributed by atoms with Crippen molar-refractivity contribution in [3.8, 4) is 0 Å². The van der Waals surface area contributed by atoms with Crippen molar-refractivity contribution in [1.82, 2.24) is 0 Å². The second-order valence-corrected chi connectivity index (χ2v) is 5.86. The van der Waals surface area contributed by atoms with E-state index < -0.39 is 0 Å². The number of benzene rings is 2. The molecule has 98 valence electrons. The molecule has 1 aliphatic rings. The topological polar surface area (TPSA) is 0 Å². The summed E-state index contributed by atoms with van der Waals surface area (Å²) in [6, 6.07) is 13.8. The van der Waals surface area contributed by atoms with Gasteiger partial charge in [0.25, 0.3) is 0 Å². The minimum Gasteiger partial charge on any atom is -0.0805 e. The van der Waals surface area contributed by atoms with Gasteiger partial charge in [0, 0.05) is 0 Å². The van der Waals surface area contributed by atoms with Gasteiger partial charge < -0.3 is 0 Å². The summed E-state index contributed by atoms with van der Waals surface area (Å²) in [5, 5.41) is 2.74. The van der Waals surface area contributed by atoms with Gasteiger partial charge in [-0.15, -0.1) is 0 Å². The Morgan fingerprint density at radius 3 is 2.58 bits per heavy atom. The van der Waals surface area contributed by atoms with E-state index in [2.05, 4.69) is 56.3 Å². The largest absolute Gasteiger partial charge is 0.0805 e. The number of hydrogen-bond acceptors (Lipinski definition) is 0. The molecule has 3 rings (SSSR count). The van der Waals surface area contributed by atoms with E-state index >= 15 is 0 Å². The Bertz CT molecular complexity index is 619. The van der Waals surface area contributed by atoms with E-state index in [0.29, 0.717) is 0 Å². The molecule has 0 radical (unpaired) electrons. The normalized spacial score (nSPS) is 19.5. The molecule has 0 N–H and O–H groups in total. The summed E-state index contributed by atoms with van der Waals surface area (Å²) in [4.78, 5) is 0. The average molecular weight is 250 g/mol. The summed E-state index contributed by atoms with van der Waals surface area (Å²) in [6.45, 7) is 4.56. The molecule has 2 aromatic rings. The first-order valence-corrected chi connectivity index (χ1v) is 7.48. The van der Waals surface area contributed by atoms with Crippen LogP contribution in [0.25, 0.3) is 16.3 Å². The zero-order valence-electron chi connectivity index (χ0n) is 11.9. The van der Waals surface area contributed by atoms with Gasteiger partial charge in [0.15, 0.2) is 0 Å². The molecule has 1 unspecified atom stereocenters. The van der Waals surface area contributed by atoms with Crippen LogP contribution in [0.15, 0.2) is 42.5 Å². The van der Waals surface area contributed by atoms with E-state index in [-0.39, 0.29) is 0 Å². The second-order valence-electron chi connectivity index (χ2n) is 5.86. The molecule has 0 aliphatic heterocycles. The molecule has 0 amide bonds. The first-order valence-electron chi connectivity index (χ1n) is 7.48. The Labute approximate surface area is 116 Å². The maximum absolute atomic E-state index is 2.44. The van der Waals surface area contributed by atoms with Crippen LogP contribution in [0.2, 0.25) is 0 Å². The molecular weight excluding hydrogens is 228 g/mol. The second kappa shape index (κ2) is 5.21. The standard InChI is InChI=1S/C19H22/c1-3-15-6-9-19-13-18(11-10-17(19)12-15)16-7-4-14(2)5-8-16/h6-7,9-14H,3-5,8H2,1-2H3. The smallest absolute Gasteiger partial charge is 0.0178 e. The van der Waals surface area contributed by atoms with Crippen LogP contribution in [0, 0.1) is 5.92 Å². The van der Waals surface area contributed by atoms with E-state index in [1.54, 1.807) is 5.57 Å². The molecule has 1 atom stereocenters. The predicted molar refractivity (Wildman–Crippen MR) is 84.3 cm³/mol. The molecule has 0 saturated carbocycles. The number of fused-ring (bicyclic) bond motifs is 1. The minimum absolute atomic E-state index is 0.858. The predicted octanol–water partition coefficient (Wildman–Crippen LogP) is 5.61. The number of aryl methyl sites for hydroxylation is 1. The van der Waals surface area contributed by atoms with Crippen LogP contribution in [0.5, 0.6) is 0 Å². The zero-order chi connectivity index (χ0) is 13.2. The van der Waals surface area contributed by atoms with Crippen molar-refractivity contribution in [3.05, 3.63) is 53.6 Å². The fourth-order valence-electron chi connectivity index (χ4n) is 2.94. The van der Waals surface area contributed by atoms with E-state index in [0.717, 1.165) is 12.3 Å². The highest BCUT2D eigenvalue weighted by Crippen LogP contribution is 2.31. The third-order valence-electron chi connectivity index (χ3n) is 4.36. The SMILES string of the molecule is CCc1ccc2cc(C3=CCC(C)CC3)ccc2c1. The number of hydrogen-bond donors (Lipinski definition) is 0. The lowest BCUT2D eigenvalue weighted by Gasteiger charge is -2.18. The third kappa shape index (κ3) is 2.58. The highest BCUT2D eigenvalue weighted by Gasteiger charge is 2.11. The van der Waals surface area contributed by atoms with Gasteiger partial charge in [0.2, 0.25) is 0 Å². The van der Waals surface area contributed by atoms with Crippen molar-refractivity contribution in [2.45, 2.75) is 39.5 Å². The van der Waals surface area contributed by atoms with Crippen LogP contribution < -0.4 is 0 Å². The number of allylic oxidation sites excluding steroid dienone is 2. The molecule has 0 spiro atoms. The molecule has 19 heavy (non-hydrogen) atoms. The number of rotatable bonds is 2. The molecule has 0 nitrogen and oxygen atoms in total. The lowest BCUT2D eigenvalue weighted by molar-refractivity contribution is 0.534. The van der Waals surface area contributed by atoms with E-state index in [4.69, 9.17) is 0 Å². The summed E-state index contributed by atoms with van der Waals surface area (Å²) in [5.41, 5.74) is 4.38. The lowest BCUT2D eigenvalue weighted by Crippen LogP contribution is -2.00. The van der Waals surface area contributed by atoms with Gasteiger partial charge in [-0.05, 0) is 65.1 Å². The minimum atomic E-state index is 0.858. The monoisotopic (exact) mass is 250 g/mol. The molecule has 0 heteroatoms. The molecule has 0 heterocycles. The molecule has 0 fully saturated rings. The van der Waals surface area contributed by atoms with Crippen LogP contribution in [0.4, 0.5) is 0 Å². The van der Waals surface area contributed by atoms with Crippen molar-refractivity contribution in [2.75, 3.05) is 0 Å². The van der Waals surface area contributed by atoms with E-state index in [1.807, 2.05) is 0 Å². The molecule has 0 bridgehead atoms. The lowest BCUT2D eigenvalue weighted by atomic mass is 9.87. The Kier molecular flexibility index (Phi) is 3.42. The summed E-state index contributed by atoms with van der Waals surface area (Å²) in [6.07, 6.45) is 7.36. The van der Waals surface area contributed by atoms with Gasteiger partial charge in [-0.3, -0.25) is 0 Å². The van der Waals surface area contributed by atoms with Gasteiger partial charge in [0.05, 0.1) is 0 Å². The Morgan fingerprint density at radius 2 is 1.84 bits per heavy atom. The Hall–Kier alpha value is -1.56. The quantitative estimate of drug-likeness (QED) is 0.650. The highest BCUT2D eigenvalue weighted by molar-refractivity contribution is 5.87. The van der Waals surface area contributed by atoms with E-state index in [9.17, 15) is 0 Å². The summed E-state index contributed by atoms with van der Waals surface area (Å²) in [7, 11) is 0. The first-order chi connectivity index (χ1) is 9.26. The van der Waals surface area contributed by atoms with Crippen LogP contribution in [-0.2, 0) is 6.42 Å². The Morgan fingerprint density at radius 1 is 1.05 bits per heavy atom. The van der Waals surface area contributed by atoms with E-state index in [1.165, 1.54) is 41.2 Å². The van der Waals surface area contributed by atoms with Crippen molar-refractivity contribution >= 4 is 16.3 Å². The van der Waals surface area contributed by atoms with Crippen LogP contribution in [0.3, 0.4) is 0 Å². The highest BCUT2D eigenvalue weighted by atomic mass is 14.2. The summed E-state index contributed by atoms with van der Waals surface area (Å²) < 4.78 is 0. The van der Waals surface area contributed by atoms with Gasteiger partial charge in [-0.2, -0.15) is 0 Å². The van der Waals surface area contributed by atoms with Gasteiger partial charge in [-0.25, -0.2) is 0 Å². The molecule has 0 saturated heterocycles. The Balaban J connectivity index is 1.98.